The molecule has 26 heavy (non-hydrogen) atoms. The molecule has 0 amide bonds. The molecule has 0 aromatic rings. The van der Waals surface area contributed by atoms with Gasteiger partial charge in [0.05, 0.1) is 0 Å². The SMILES string of the molecule is C[C@H](CN=[N+]=[N-])C1CCC2C3C=CC4=CC(=O)CC[C@]4(C)C3CC[C@@]21C. The molecule has 4 aliphatic carbocycles. The summed E-state index contributed by atoms with van der Waals surface area (Å²) in [5.41, 5.74) is 10.5. The smallest absolute Gasteiger partial charge is 0.156 e. The van der Waals surface area contributed by atoms with E-state index in [1.807, 2.05) is 6.08 Å². The fraction of sp³-hybridized carbons (Fsp3) is 0.773. The summed E-state index contributed by atoms with van der Waals surface area (Å²) in [6, 6.07) is 0. The van der Waals surface area contributed by atoms with E-state index in [1.165, 1.54) is 31.3 Å². The highest BCUT2D eigenvalue weighted by Gasteiger charge is 2.58. The van der Waals surface area contributed by atoms with Gasteiger partial charge in [0.25, 0.3) is 0 Å². The number of ketones is 1. The van der Waals surface area contributed by atoms with Crippen LogP contribution in [-0.2, 0) is 4.79 Å². The summed E-state index contributed by atoms with van der Waals surface area (Å²) in [6.07, 6.45) is 13.5. The molecule has 0 aromatic heterocycles. The van der Waals surface area contributed by atoms with Crippen LogP contribution in [0, 0.1) is 40.4 Å². The number of hydrogen-bond donors (Lipinski definition) is 0. The number of rotatable bonds is 3. The molecule has 4 nitrogen and oxygen atoms in total. The Kier molecular flexibility index (Phi) is 4.30. The van der Waals surface area contributed by atoms with E-state index in [-0.39, 0.29) is 5.41 Å². The largest absolute Gasteiger partial charge is 0.295 e. The first-order valence-electron chi connectivity index (χ1n) is 10.3. The van der Waals surface area contributed by atoms with Crippen molar-refractivity contribution in [3.05, 3.63) is 34.2 Å². The molecule has 4 heteroatoms. The topological polar surface area (TPSA) is 65.8 Å². The lowest BCUT2D eigenvalue weighted by molar-refractivity contribution is -0.116. The monoisotopic (exact) mass is 353 g/mol. The van der Waals surface area contributed by atoms with Crippen LogP contribution in [0.2, 0.25) is 0 Å². The first-order valence-corrected chi connectivity index (χ1v) is 10.3. The maximum atomic E-state index is 11.9. The summed E-state index contributed by atoms with van der Waals surface area (Å²) in [7, 11) is 0. The van der Waals surface area contributed by atoms with Crippen LogP contribution >= 0.6 is 0 Å². The molecule has 7 atom stereocenters. The van der Waals surface area contributed by atoms with Crippen molar-refractivity contribution in [2.45, 2.75) is 59.3 Å². The summed E-state index contributed by atoms with van der Waals surface area (Å²) in [5.74, 6) is 3.46. The highest BCUT2D eigenvalue weighted by molar-refractivity contribution is 5.92. The Labute approximate surface area is 156 Å². The maximum absolute atomic E-state index is 11.9. The maximum Gasteiger partial charge on any atom is 0.156 e. The second kappa shape index (κ2) is 6.27. The molecule has 0 aliphatic heterocycles. The zero-order valence-electron chi connectivity index (χ0n) is 16.3. The molecule has 0 radical (unpaired) electrons. The van der Waals surface area contributed by atoms with Crippen molar-refractivity contribution in [2.24, 2.45) is 45.5 Å². The van der Waals surface area contributed by atoms with Gasteiger partial charge in [0, 0.05) is 17.9 Å². The van der Waals surface area contributed by atoms with Gasteiger partial charge in [-0.15, -0.1) is 0 Å². The molecule has 0 heterocycles. The molecular weight excluding hydrogens is 322 g/mol. The van der Waals surface area contributed by atoms with Crippen molar-refractivity contribution in [1.29, 1.82) is 0 Å². The average Bonchev–Trinajstić information content (AvgIpc) is 2.97. The normalized spacial score (nSPS) is 45.0. The molecule has 0 N–H and O–H groups in total. The Morgan fingerprint density at radius 1 is 1.27 bits per heavy atom. The standard InChI is InChI=1S/C22H31N3O/c1-14(13-24-25-23)18-6-7-19-17-5-4-15-12-16(26)8-10-21(15,2)20(17)9-11-22(18,19)3/h4-5,12,14,17-20H,6-11,13H2,1-3H3/t14-,17?,18?,19?,20?,21+,22-/m1/s1. The highest BCUT2D eigenvalue weighted by Crippen LogP contribution is 2.66. The van der Waals surface area contributed by atoms with Crippen LogP contribution in [-0.4, -0.2) is 12.3 Å². The lowest BCUT2D eigenvalue weighted by atomic mass is 9.48. The lowest BCUT2D eigenvalue weighted by Crippen LogP contribution is -2.49. The van der Waals surface area contributed by atoms with E-state index < -0.39 is 0 Å². The quantitative estimate of drug-likeness (QED) is 0.356. The van der Waals surface area contributed by atoms with Crippen molar-refractivity contribution in [2.75, 3.05) is 6.54 Å². The highest BCUT2D eigenvalue weighted by atomic mass is 16.1. The van der Waals surface area contributed by atoms with E-state index in [0.29, 0.717) is 47.8 Å². The average molecular weight is 354 g/mol. The van der Waals surface area contributed by atoms with Crippen molar-refractivity contribution in [3.8, 4) is 0 Å². The lowest BCUT2D eigenvalue weighted by Gasteiger charge is -2.56. The number of hydrogen-bond acceptors (Lipinski definition) is 2. The third kappa shape index (κ3) is 2.49. The molecule has 4 aliphatic rings. The predicted octanol–water partition coefficient (Wildman–Crippen LogP) is 5.86. The van der Waals surface area contributed by atoms with Gasteiger partial charge in [-0.25, -0.2) is 0 Å². The summed E-state index contributed by atoms with van der Waals surface area (Å²) in [6.45, 7) is 7.81. The summed E-state index contributed by atoms with van der Waals surface area (Å²) >= 11 is 0. The van der Waals surface area contributed by atoms with E-state index in [4.69, 9.17) is 5.53 Å². The van der Waals surface area contributed by atoms with Gasteiger partial charge in [-0.3, -0.25) is 4.79 Å². The van der Waals surface area contributed by atoms with E-state index in [2.05, 4.69) is 42.9 Å². The summed E-state index contributed by atoms with van der Waals surface area (Å²) < 4.78 is 0. The number of azide groups is 1. The predicted molar refractivity (Wildman–Crippen MR) is 103 cm³/mol. The minimum absolute atomic E-state index is 0.184. The summed E-state index contributed by atoms with van der Waals surface area (Å²) in [4.78, 5) is 14.9. The van der Waals surface area contributed by atoms with E-state index in [0.717, 1.165) is 12.3 Å². The van der Waals surface area contributed by atoms with Crippen molar-refractivity contribution in [3.63, 3.8) is 0 Å². The second-order valence-corrected chi connectivity index (χ2v) is 9.75. The second-order valence-electron chi connectivity index (χ2n) is 9.75. The van der Waals surface area contributed by atoms with Gasteiger partial charge >= 0.3 is 0 Å². The van der Waals surface area contributed by atoms with Crippen molar-refractivity contribution in [1.82, 2.24) is 0 Å². The van der Waals surface area contributed by atoms with Crippen LogP contribution in [0.4, 0.5) is 0 Å². The number of carbonyl (C=O) groups excluding carboxylic acids is 1. The molecule has 4 unspecified atom stereocenters. The number of nitrogens with zero attached hydrogens (tertiary/aromatic N) is 3. The Hall–Kier alpha value is -1.54. The van der Waals surface area contributed by atoms with Gasteiger partial charge in [-0.05, 0) is 89.7 Å². The zero-order chi connectivity index (χ0) is 18.5. The number of fused-ring (bicyclic) bond motifs is 5. The summed E-state index contributed by atoms with van der Waals surface area (Å²) in [5, 5.41) is 3.87. The molecule has 4 rings (SSSR count). The van der Waals surface area contributed by atoms with Crippen LogP contribution in [0.25, 0.3) is 10.4 Å². The molecular formula is C22H31N3O. The van der Waals surface area contributed by atoms with Gasteiger partial charge in [-0.2, -0.15) is 0 Å². The Bertz CT molecular complexity index is 719. The van der Waals surface area contributed by atoms with Gasteiger partial charge in [-0.1, -0.05) is 38.0 Å². The van der Waals surface area contributed by atoms with Gasteiger partial charge in [0.15, 0.2) is 5.78 Å². The van der Waals surface area contributed by atoms with E-state index in [1.54, 1.807) is 0 Å². The molecule has 140 valence electrons. The zero-order valence-corrected chi connectivity index (χ0v) is 16.3. The first kappa shape index (κ1) is 17.9. The van der Waals surface area contributed by atoms with Gasteiger partial charge in [0.1, 0.15) is 0 Å². The fourth-order valence-electron chi connectivity index (χ4n) is 7.26. The molecule has 0 aromatic carbocycles. The van der Waals surface area contributed by atoms with Gasteiger partial charge < -0.3 is 0 Å². The van der Waals surface area contributed by atoms with Crippen LogP contribution in [0.3, 0.4) is 0 Å². The van der Waals surface area contributed by atoms with Crippen LogP contribution in [0.15, 0.2) is 28.9 Å². The molecule has 2 fully saturated rings. The molecule has 0 saturated heterocycles. The molecule has 0 spiro atoms. The minimum atomic E-state index is 0.184. The van der Waals surface area contributed by atoms with Crippen LogP contribution in [0.5, 0.6) is 0 Å². The number of allylic oxidation sites excluding steroid dienone is 4. The number of carbonyl (C=O) groups is 1. The first-order chi connectivity index (χ1) is 12.4. The van der Waals surface area contributed by atoms with Gasteiger partial charge in [0.2, 0.25) is 0 Å². The van der Waals surface area contributed by atoms with Crippen molar-refractivity contribution < 1.29 is 4.79 Å². The molecule has 0 bridgehead atoms. The van der Waals surface area contributed by atoms with Crippen molar-refractivity contribution >= 4 is 5.78 Å². The van der Waals surface area contributed by atoms with E-state index >= 15 is 0 Å². The Morgan fingerprint density at radius 3 is 2.85 bits per heavy atom. The third-order valence-electron chi connectivity index (χ3n) is 8.71. The molecule has 2 saturated carbocycles. The Morgan fingerprint density at radius 2 is 2.08 bits per heavy atom. The fourth-order valence-corrected chi connectivity index (χ4v) is 7.26. The third-order valence-corrected chi connectivity index (χ3v) is 8.71. The Balaban J connectivity index is 1.63. The minimum Gasteiger partial charge on any atom is -0.295 e. The van der Waals surface area contributed by atoms with Crippen LogP contribution < -0.4 is 0 Å². The van der Waals surface area contributed by atoms with E-state index in [9.17, 15) is 4.79 Å². The van der Waals surface area contributed by atoms with Crippen LogP contribution in [0.1, 0.15) is 59.3 Å².